The van der Waals surface area contributed by atoms with Crippen molar-refractivity contribution in [2.24, 2.45) is 5.92 Å². The summed E-state index contributed by atoms with van der Waals surface area (Å²) >= 11 is 4.13. The molecule has 0 radical (unpaired) electrons. The van der Waals surface area contributed by atoms with Gasteiger partial charge in [0.05, 0.1) is 38.8 Å². The Hall–Kier alpha value is -2.43. The number of carbonyl (C=O) groups is 3. The van der Waals surface area contributed by atoms with Crippen molar-refractivity contribution in [3.05, 3.63) is 49.0 Å². The Morgan fingerprint density at radius 2 is 2.07 bits per heavy atom. The molecule has 0 aliphatic heterocycles. The normalized spacial score (nSPS) is 16.9. The summed E-state index contributed by atoms with van der Waals surface area (Å²) in [5, 5.41) is 12.5. The van der Waals surface area contributed by atoms with Crippen molar-refractivity contribution in [2.75, 3.05) is 5.32 Å². The highest BCUT2D eigenvalue weighted by atomic mass is 32.1. The zero-order chi connectivity index (χ0) is 20.5. The van der Waals surface area contributed by atoms with E-state index in [1.54, 1.807) is 11.4 Å². The molecule has 0 bridgehead atoms. The van der Waals surface area contributed by atoms with Gasteiger partial charge in [0.2, 0.25) is 5.91 Å². The van der Waals surface area contributed by atoms with E-state index in [1.165, 1.54) is 34.0 Å². The average Bonchev–Trinajstić information content (AvgIpc) is 3.41. The summed E-state index contributed by atoms with van der Waals surface area (Å²) < 4.78 is 0. The van der Waals surface area contributed by atoms with E-state index in [0.717, 1.165) is 10.7 Å². The largest absolute Gasteiger partial charge is 0.348 e. The van der Waals surface area contributed by atoms with Crippen LogP contribution in [0.4, 0.5) is 5.13 Å². The lowest BCUT2D eigenvalue weighted by atomic mass is 9.89. The maximum absolute atomic E-state index is 12.7. The van der Waals surface area contributed by atoms with Gasteiger partial charge in [0.25, 0.3) is 5.91 Å². The van der Waals surface area contributed by atoms with Crippen molar-refractivity contribution < 1.29 is 14.4 Å². The SMILES string of the molecule is Cc1nc([C@H](C)NC(=O)[C@H]2CC(=O)c3sc(NC(=O)c4ccsc4)nc3C2)cs1. The Labute approximate surface area is 179 Å². The van der Waals surface area contributed by atoms with Gasteiger partial charge in [-0.3, -0.25) is 19.7 Å². The van der Waals surface area contributed by atoms with Gasteiger partial charge in [-0.05, 0) is 25.3 Å². The van der Waals surface area contributed by atoms with Crippen LogP contribution in [-0.2, 0) is 11.2 Å². The second kappa shape index (κ2) is 8.13. The van der Waals surface area contributed by atoms with Crippen molar-refractivity contribution in [1.82, 2.24) is 15.3 Å². The number of aryl methyl sites for hydroxylation is 1. The van der Waals surface area contributed by atoms with E-state index in [1.807, 2.05) is 24.6 Å². The first-order chi connectivity index (χ1) is 13.9. The van der Waals surface area contributed by atoms with Gasteiger partial charge in [-0.15, -0.1) is 11.3 Å². The first-order valence-electron chi connectivity index (χ1n) is 8.99. The van der Waals surface area contributed by atoms with E-state index in [2.05, 4.69) is 20.6 Å². The predicted octanol–water partition coefficient (Wildman–Crippen LogP) is 3.84. The van der Waals surface area contributed by atoms with Crippen LogP contribution in [0.5, 0.6) is 0 Å². The molecule has 0 fully saturated rings. The van der Waals surface area contributed by atoms with Crippen LogP contribution in [-0.4, -0.2) is 27.6 Å². The molecule has 0 spiro atoms. The minimum absolute atomic E-state index is 0.114. The smallest absolute Gasteiger partial charge is 0.258 e. The molecule has 0 aromatic carbocycles. The monoisotopic (exact) mass is 446 g/mol. The molecular formula is C19H18N4O3S3. The maximum atomic E-state index is 12.7. The Kier molecular flexibility index (Phi) is 5.57. The van der Waals surface area contributed by atoms with Crippen LogP contribution in [0.2, 0.25) is 0 Å². The number of ketones is 1. The Morgan fingerprint density at radius 1 is 1.24 bits per heavy atom. The summed E-state index contributed by atoms with van der Waals surface area (Å²) in [7, 11) is 0. The molecule has 3 aromatic heterocycles. The highest BCUT2D eigenvalue weighted by molar-refractivity contribution is 7.17. The standard InChI is InChI=1S/C19H18N4O3S3/c1-9(14-8-28-10(2)21-14)20-18(26)12-5-13-16(15(24)6-12)29-19(22-13)23-17(25)11-3-4-27-7-11/h3-4,7-9,12H,5-6H2,1-2H3,(H,20,26)(H,22,23,25)/t9-,12+/m0/s1. The molecule has 0 unspecified atom stereocenters. The molecule has 29 heavy (non-hydrogen) atoms. The Balaban J connectivity index is 1.43. The second-order valence-electron chi connectivity index (χ2n) is 6.81. The molecule has 10 heteroatoms. The average molecular weight is 447 g/mol. The predicted molar refractivity (Wildman–Crippen MR) is 114 cm³/mol. The lowest BCUT2D eigenvalue weighted by Gasteiger charge is -2.21. The molecule has 3 aromatic rings. The van der Waals surface area contributed by atoms with Crippen molar-refractivity contribution in [2.45, 2.75) is 32.7 Å². The lowest BCUT2D eigenvalue weighted by molar-refractivity contribution is -0.125. The zero-order valence-electron chi connectivity index (χ0n) is 15.7. The molecule has 2 amide bonds. The van der Waals surface area contributed by atoms with Crippen molar-refractivity contribution in [3.8, 4) is 0 Å². The van der Waals surface area contributed by atoms with E-state index >= 15 is 0 Å². The summed E-state index contributed by atoms with van der Waals surface area (Å²) in [6.45, 7) is 3.80. The van der Waals surface area contributed by atoms with Crippen LogP contribution < -0.4 is 10.6 Å². The number of nitrogens with one attached hydrogen (secondary N) is 2. The fourth-order valence-electron chi connectivity index (χ4n) is 3.12. The summed E-state index contributed by atoms with van der Waals surface area (Å²) in [6.07, 6.45) is 0.516. The molecule has 0 saturated carbocycles. The van der Waals surface area contributed by atoms with E-state index in [-0.39, 0.29) is 30.1 Å². The topological polar surface area (TPSA) is 101 Å². The summed E-state index contributed by atoms with van der Waals surface area (Å²) in [5.41, 5.74) is 1.94. The van der Waals surface area contributed by atoms with Crippen LogP contribution in [0.1, 0.15) is 55.8 Å². The third-order valence-corrected chi connectivity index (χ3v) is 7.17. The molecule has 0 saturated heterocycles. The molecule has 7 nitrogen and oxygen atoms in total. The van der Waals surface area contributed by atoms with E-state index in [9.17, 15) is 14.4 Å². The minimum Gasteiger partial charge on any atom is -0.348 e. The van der Waals surface area contributed by atoms with Gasteiger partial charge in [-0.2, -0.15) is 11.3 Å². The molecular weight excluding hydrogens is 428 g/mol. The van der Waals surface area contributed by atoms with Gasteiger partial charge in [-0.1, -0.05) is 11.3 Å². The summed E-state index contributed by atoms with van der Waals surface area (Å²) in [4.78, 5) is 46.8. The van der Waals surface area contributed by atoms with Crippen molar-refractivity contribution in [1.29, 1.82) is 0 Å². The van der Waals surface area contributed by atoms with Crippen LogP contribution in [0.3, 0.4) is 0 Å². The number of hydrogen-bond acceptors (Lipinski definition) is 8. The third kappa shape index (κ3) is 4.29. The molecule has 2 N–H and O–H groups in total. The van der Waals surface area contributed by atoms with Crippen LogP contribution in [0.15, 0.2) is 22.2 Å². The molecule has 2 atom stereocenters. The number of fused-ring (bicyclic) bond motifs is 1. The van der Waals surface area contributed by atoms with Gasteiger partial charge < -0.3 is 5.32 Å². The van der Waals surface area contributed by atoms with Crippen molar-refractivity contribution >= 4 is 56.7 Å². The van der Waals surface area contributed by atoms with Gasteiger partial charge in [0.1, 0.15) is 0 Å². The summed E-state index contributed by atoms with van der Waals surface area (Å²) in [6, 6.07) is 1.50. The first-order valence-corrected chi connectivity index (χ1v) is 11.6. The van der Waals surface area contributed by atoms with E-state index in [0.29, 0.717) is 27.7 Å². The molecule has 4 rings (SSSR count). The molecule has 1 aliphatic rings. The number of rotatable bonds is 5. The van der Waals surface area contributed by atoms with Gasteiger partial charge in [0, 0.05) is 23.6 Å². The second-order valence-corrected chi connectivity index (χ2v) is 9.65. The minimum atomic E-state index is -0.472. The third-order valence-electron chi connectivity index (χ3n) is 4.64. The molecule has 3 heterocycles. The Morgan fingerprint density at radius 3 is 2.76 bits per heavy atom. The van der Waals surface area contributed by atoms with E-state index < -0.39 is 5.92 Å². The van der Waals surface area contributed by atoms with Crippen LogP contribution >= 0.6 is 34.0 Å². The number of carbonyl (C=O) groups excluding carboxylic acids is 3. The van der Waals surface area contributed by atoms with Crippen LogP contribution in [0, 0.1) is 12.8 Å². The number of thiophene rings is 1. The highest BCUT2D eigenvalue weighted by Crippen LogP contribution is 2.33. The maximum Gasteiger partial charge on any atom is 0.258 e. The summed E-state index contributed by atoms with van der Waals surface area (Å²) in [5.74, 6) is -1.03. The number of Topliss-reactive ketones (excluding diaryl/α,β-unsaturated/α-hetero) is 1. The fourth-order valence-corrected chi connectivity index (χ4v) is 5.40. The number of aromatic nitrogens is 2. The highest BCUT2D eigenvalue weighted by Gasteiger charge is 2.34. The number of nitrogens with zero attached hydrogens (tertiary/aromatic N) is 2. The zero-order valence-corrected chi connectivity index (χ0v) is 18.2. The van der Waals surface area contributed by atoms with E-state index in [4.69, 9.17) is 0 Å². The fraction of sp³-hybridized carbons (Fsp3) is 0.316. The first kappa shape index (κ1) is 19.9. The number of amides is 2. The number of anilines is 1. The Bertz CT molecular complexity index is 1070. The van der Waals surface area contributed by atoms with Crippen LogP contribution in [0.25, 0.3) is 0 Å². The van der Waals surface area contributed by atoms with Gasteiger partial charge in [-0.25, -0.2) is 9.97 Å². The molecule has 1 aliphatic carbocycles. The van der Waals surface area contributed by atoms with Gasteiger partial charge >= 0.3 is 0 Å². The van der Waals surface area contributed by atoms with Crippen molar-refractivity contribution in [3.63, 3.8) is 0 Å². The lowest BCUT2D eigenvalue weighted by Crippen LogP contribution is -2.37. The van der Waals surface area contributed by atoms with Gasteiger partial charge in [0.15, 0.2) is 10.9 Å². The quantitative estimate of drug-likeness (QED) is 0.620. The molecule has 150 valence electrons. The number of thiazole rings is 2. The number of hydrogen-bond donors (Lipinski definition) is 2.